The molecule has 0 aliphatic carbocycles. The molecule has 1 aliphatic heterocycles. The zero-order valence-electron chi connectivity index (χ0n) is 11.1. The van der Waals surface area contributed by atoms with E-state index in [4.69, 9.17) is 11.6 Å². The van der Waals surface area contributed by atoms with Crippen LogP contribution >= 0.6 is 23.4 Å². The Kier molecular flexibility index (Phi) is 6.05. The Bertz CT molecular complexity index is 401. The van der Waals surface area contributed by atoms with Gasteiger partial charge in [0.1, 0.15) is 0 Å². The maximum absolute atomic E-state index is 12.0. The molecule has 4 heteroatoms. The van der Waals surface area contributed by atoms with Gasteiger partial charge in [0.25, 0.3) is 0 Å². The van der Waals surface area contributed by atoms with E-state index in [0.717, 1.165) is 30.3 Å². The average Bonchev–Trinajstić information content (AvgIpc) is 2.46. The largest absolute Gasteiger partial charge is 0.343 e. The molecule has 0 saturated carbocycles. The summed E-state index contributed by atoms with van der Waals surface area (Å²) in [5.74, 6) is 1.32. The third-order valence-corrected chi connectivity index (χ3v) is 4.68. The lowest BCUT2D eigenvalue weighted by atomic mass is 10.1. The van der Waals surface area contributed by atoms with E-state index in [9.17, 15) is 4.79 Å². The van der Waals surface area contributed by atoms with Gasteiger partial charge in [0.2, 0.25) is 5.91 Å². The highest BCUT2D eigenvalue weighted by Crippen LogP contribution is 2.21. The SMILES string of the molecule is O=C(CCCSc1ccc(Cl)cc1)N1CCCCC1. The van der Waals surface area contributed by atoms with Crippen molar-refractivity contribution < 1.29 is 4.79 Å². The normalized spacial score (nSPS) is 15.5. The van der Waals surface area contributed by atoms with Crippen molar-refractivity contribution >= 4 is 29.3 Å². The molecule has 19 heavy (non-hydrogen) atoms. The molecule has 0 aromatic heterocycles. The minimum absolute atomic E-state index is 0.330. The van der Waals surface area contributed by atoms with Crippen LogP contribution in [0.1, 0.15) is 32.1 Å². The molecule has 1 fully saturated rings. The van der Waals surface area contributed by atoms with Crippen molar-refractivity contribution in [3.05, 3.63) is 29.3 Å². The summed E-state index contributed by atoms with van der Waals surface area (Å²) in [6.45, 7) is 1.92. The van der Waals surface area contributed by atoms with Crippen LogP contribution in [0.4, 0.5) is 0 Å². The summed E-state index contributed by atoms with van der Waals surface area (Å²) < 4.78 is 0. The van der Waals surface area contributed by atoms with E-state index in [2.05, 4.69) is 0 Å². The highest BCUT2D eigenvalue weighted by atomic mass is 35.5. The van der Waals surface area contributed by atoms with Crippen molar-refractivity contribution in [1.29, 1.82) is 0 Å². The predicted octanol–water partition coefficient (Wildman–Crippen LogP) is 4.22. The number of benzene rings is 1. The predicted molar refractivity (Wildman–Crippen MR) is 81.8 cm³/mol. The standard InChI is InChI=1S/C15H20ClNOS/c16-13-6-8-14(9-7-13)19-12-4-5-15(18)17-10-2-1-3-11-17/h6-9H,1-5,10-12H2. The Morgan fingerprint density at radius 1 is 1.16 bits per heavy atom. The molecule has 2 rings (SSSR count). The van der Waals surface area contributed by atoms with Crippen LogP contribution in [0.3, 0.4) is 0 Å². The van der Waals surface area contributed by atoms with Gasteiger partial charge in [0, 0.05) is 29.4 Å². The van der Waals surface area contributed by atoms with Crippen LogP contribution in [0.5, 0.6) is 0 Å². The molecule has 1 aromatic rings. The van der Waals surface area contributed by atoms with E-state index in [1.807, 2.05) is 29.2 Å². The Morgan fingerprint density at radius 2 is 1.84 bits per heavy atom. The molecule has 0 atom stereocenters. The van der Waals surface area contributed by atoms with Gasteiger partial charge in [-0.05, 0) is 55.7 Å². The van der Waals surface area contributed by atoms with Crippen molar-refractivity contribution in [2.24, 2.45) is 0 Å². The lowest BCUT2D eigenvalue weighted by Gasteiger charge is -2.26. The van der Waals surface area contributed by atoms with Crippen LogP contribution in [0.25, 0.3) is 0 Å². The van der Waals surface area contributed by atoms with Crippen molar-refractivity contribution in [3.8, 4) is 0 Å². The first-order chi connectivity index (χ1) is 9.25. The lowest BCUT2D eigenvalue weighted by Crippen LogP contribution is -2.35. The third-order valence-electron chi connectivity index (χ3n) is 3.33. The second kappa shape index (κ2) is 7.81. The highest BCUT2D eigenvalue weighted by Gasteiger charge is 2.15. The van der Waals surface area contributed by atoms with Gasteiger partial charge in [0.05, 0.1) is 0 Å². The number of halogens is 1. The van der Waals surface area contributed by atoms with E-state index in [-0.39, 0.29) is 0 Å². The number of carbonyl (C=O) groups excluding carboxylic acids is 1. The van der Waals surface area contributed by atoms with Gasteiger partial charge in [-0.3, -0.25) is 4.79 Å². The number of rotatable bonds is 5. The van der Waals surface area contributed by atoms with E-state index in [1.54, 1.807) is 11.8 Å². The van der Waals surface area contributed by atoms with Gasteiger partial charge in [-0.25, -0.2) is 0 Å². The van der Waals surface area contributed by atoms with Gasteiger partial charge in [-0.1, -0.05) is 11.6 Å². The van der Waals surface area contributed by atoms with E-state index in [1.165, 1.54) is 24.2 Å². The highest BCUT2D eigenvalue weighted by molar-refractivity contribution is 7.99. The van der Waals surface area contributed by atoms with Crippen molar-refractivity contribution in [2.75, 3.05) is 18.8 Å². The van der Waals surface area contributed by atoms with Crippen LogP contribution in [0.15, 0.2) is 29.2 Å². The minimum atomic E-state index is 0.330. The molecule has 0 radical (unpaired) electrons. The fourth-order valence-electron chi connectivity index (χ4n) is 2.25. The van der Waals surface area contributed by atoms with Crippen molar-refractivity contribution in [1.82, 2.24) is 4.90 Å². The van der Waals surface area contributed by atoms with Gasteiger partial charge >= 0.3 is 0 Å². The molecular weight excluding hydrogens is 278 g/mol. The topological polar surface area (TPSA) is 20.3 Å². The number of piperidine rings is 1. The van der Waals surface area contributed by atoms with Crippen molar-refractivity contribution in [3.63, 3.8) is 0 Å². The molecule has 0 spiro atoms. The summed E-state index contributed by atoms with van der Waals surface area (Å²) in [6, 6.07) is 7.87. The lowest BCUT2D eigenvalue weighted by molar-refractivity contribution is -0.132. The Morgan fingerprint density at radius 3 is 2.53 bits per heavy atom. The Balaban J connectivity index is 1.63. The Hall–Kier alpha value is -0.670. The van der Waals surface area contributed by atoms with Crippen molar-refractivity contribution in [2.45, 2.75) is 37.0 Å². The van der Waals surface area contributed by atoms with Crippen LogP contribution in [0, 0.1) is 0 Å². The first-order valence-corrected chi connectivity index (χ1v) is 8.28. The number of amides is 1. The maximum Gasteiger partial charge on any atom is 0.222 e. The van der Waals surface area contributed by atoms with E-state index in [0.29, 0.717) is 12.3 Å². The van der Waals surface area contributed by atoms with Gasteiger partial charge in [-0.15, -0.1) is 11.8 Å². The molecule has 2 nitrogen and oxygen atoms in total. The molecule has 1 heterocycles. The summed E-state index contributed by atoms with van der Waals surface area (Å²) in [4.78, 5) is 15.2. The number of hydrogen-bond acceptors (Lipinski definition) is 2. The first kappa shape index (κ1) is 14.7. The molecule has 1 aliphatic rings. The zero-order valence-corrected chi connectivity index (χ0v) is 12.7. The molecule has 0 N–H and O–H groups in total. The second-order valence-corrected chi connectivity index (χ2v) is 6.45. The van der Waals surface area contributed by atoms with Crippen LogP contribution in [0.2, 0.25) is 5.02 Å². The van der Waals surface area contributed by atoms with Gasteiger partial charge in [0.15, 0.2) is 0 Å². The van der Waals surface area contributed by atoms with E-state index < -0.39 is 0 Å². The van der Waals surface area contributed by atoms with Gasteiger partial charge < -0.3 is 4.90 Å². The number of nitrogens with zero attached hydrogens (tertiary/aromatic N) is 1. The fraction of sp³-hybridized carbons (Fsp3) is 0.533. The third kappa shape index (κ3) is 5.07. The second-order valence-electron chi connectivity index (χ2n) is 4.85. The minimum Gasteiger partial charge on any atom is -0.343 e. The maximum atomic E-state index is 12.0. The van der Waals surface area contributed by atoms with Crippen LogP contribution in [-0.2, 0) is 4.79 Å². The summed E-state index contributed by atoms with van der Waals surface area (Å²) in [5.41, 5.74) is 0. The summed E-state index contributed by atoms with van der Waals surface area (Å²) in [7, 11) is 0. The molecule has 1 aromatic carbocycles. The monoisotopic (exact) mass is 297 g/mol. The molecular formula is C15H20ClNOS. The quantitative estimate of drug-likeness (QED) is 0.599. The smallest absolute Gasteiger partial charge is 0.222 e. The molecule has 104 valence electrons. The van der Waals surface area contributed by atoms with E-state index >= 15 is 0 Å². The van der Waals surface area contributed by atoms with Gasteiger partial charge in [-0.2, -0.15) is 0 Å². The van der Waals surface area contributed by atoms with Crippen LogP contribution in [-0.4, -0.2) is 29.6 Å². The first-order valence-electron chi connectivity index (χ1n) is 6.92. The molecule has 1 saturated heterocycles. The summed E-state index contributed by atoms with van der Waals surface area (Å²) >= 11 is 7.63. The zero-order chi connectivity index (χ0) is 13.5. The average molecular weight is 298 g/mol. The number of thioether (sulfide) groups is 1. The fourth-order valence-corrected chi connectivity index (χ4v) is 3.22. The molecule has 1 amide bonds. The number of carbonyl (C=O) groups is 1. The molecule has 0 unspecified atom stereocenters. The summed E-state index contributed by atoms with van der Waals surface area (Å²) in [5, 5.41) is 0.768. The Labute approximate surface area is 124 Å². The number of hydrogen-bond donors (Lipinski definition) is 0. The molecule has 0 bridgehead atoms. The summed E-state index contributed by atoms with van der Waals surface area (Å²) in [6.07, 6.45) is 5.25. The number of likely N-dealkylation sites (tertiary alicyclic amines) is 1. The van der Waals surface area contributed by atoms with Crippen LogP contribution < -0.4 is 0 Å².